The largest absolute Gasteiger partial charge is 0.495 e. The fraction of sp³-hybridized carbons (Fsp3) is 0.133. The molecule has 3 nitrogen and oxygen atoms in total. The van der Waals surface area contributed by atoms with E-state index in [1.54, 1.807) is 13.3 Å². The maximum atomic E-state index is 5.82. The summed E-state index contributed by atoms with van der Waals surface area (Å²) in [5, 5.41) is 0.994. The Morgan fingerprint density at radius 1 is 1.17 bits per heavy atom. The molecule has 0 atom stereocenters. The van der Waals surface area contributed by atoms with Crippen LogP contribution in [0.2, 0.25) is 0 Å². The molecule has 0 unspecified atom stereocenters. The van der Waals surface area contributed by atoms with Crippen molar-refractivity contribution in [2.24, 2.45) is 0 Å². The molecule has 0 saturated heterocycles. The maximum Gasteiger partial charge on any atom is 0.227 e. The van der Waals surface area contributed by atoms with Gasteiger partial charge in [-0.1, -0.05) is 30.3 Å². The first-order valence-corrected chi connectivity index (χ1v) is 5.78. The minimum absolute atomic E-state index is 0.646. The molecule has 0 N–H and O–H groups in total. The number of aromatic nitrogens is 1. The molecule has 0 aliphatic heterocycles. The van der Waals surface area contributed by atoms with Crippen LogP contribution in [0.25, 0.3) is 22.4 Å². The fourth-order valence-electron chi connectivity index (χ4n) is 2.06. The normalized spacial score (nSPS) is 10.8. The Kier molecular flexibility index (Phi) is 2.52. The number of furan rings is 1. The highest BCUT2D eigenvalue weighted by atomic mass is 16.5. The van der Waals surface area contributed by atoms with Crippen LogP contribution in [0.15, 0.2) is 47.0 Å². The second kappa shape index (κ2) is 4.18. The third-order valence-electron chi connectivity index (χ3n) is 3.04. The number of hydrogen-bond donors (Lipinski definition) is 0. The van der Waals surface area contributed by atoms with Crippen molar-refractivity contribution in [3.63, 3.8) is 0 Å². The lowest BCUT2D eigenvalue weighted by Crippen LogP contribution is -1.83. The van der Waals surface area contributed by atoms with Gasteiger partial charge in [0.15, 0.2) is 0 Å². The van der Waals surface area contributed by atoms with Crippen LogP contribution >= 0.6 is 0 Å². The molecule has 90 valence electrons. The number of benzene rings is 1. The van der Waals surface area contributed by atoms with Crippen molar-refractivity contribution in [1.29, 1.82) is 0 Å². The number of fused-ring (bicyclic) bond motifs is 1. The van der Waals surface area contributed by atoms with Crippen molar-refractivity contribution in [2.45, 2.75) is 6.92 Å². The Hall–Kier alpha value is -2.29. The van der Waals surface area contributed by atoms with Crippen molar-refractivity contribution in [3.05, 3.63) is 48.2 Å². The summed E-state index contributed by atoms with van der Waals surface area (Å²) in [4.78, 5) is 4.27. The molecule has 3 aromatic rings. The van der Waals surface area contributed by atoms with Crippen molar-refractivity contribution in [2.75, 3.05) is 7.11 Å². The van der Waals surface area contributed by atoms with Gasteiger partial charge < -0.3 is 9.15 Å². The zero-order valence-corrected chi connectivity index (χ0v) is 10.3. The molecule has 2 heterocycles. The van der Waals surface area contributed by atoms with E-state index in [4.69, 9.17) is 9.15 Å². The molecule has 0 bridgehead atoms. The Labute approximate surface area is 105 Å². The molecule has 2 aromatic heterocycles. The number of methoxy groups -OCH3 is 1. The minimum atomic E-state index is 0.646. The van der Waals surface area contributed by atoms with E-state index in [0.717, 1.165) is 28.0 Å². The standard InChI is InChI=1S/C15H13NO2/c1-10-13-8-12(17-2)9-16-15(13)18-14(10)11-6-4-3-5-7-11/h3-9H,1-2H3. The maximum absolute atomic E-state index is 5.82. The third-order valence-corrected chi connectivity index (χ3v) is 3.04. The summed E-state index contributed by atoms with van der Waals surface area (Å²) in [6.45, 7) is 2.04. The number of pyridine rings is 1. The van der Waals surface area contributed by atoms with Crippen molar-refractivity contribution in [1.82, 2.24) is 4.98 Å². The molecule has 0 saturated carbocycles. The first-order valence-electron chi connectivity index (χ1n) is 5.78. The average molecular weight is 239 g/mol. The van der Waals surface area contributed by atoms with Gasteiger partial charge >= 0.3 is 0 Å². The number of rotatable bonds is 2. The lowest BCUT2D eigenvalue weighted by Gasteiger charge is -1.97. The Morgan fingerprint density at radius 2 is 1.94 bits per heavy atom. The van der Waals surface area contributed by atoms with Gasteiger partial charge in [0.05, 0.1) is 13.3 Å². The molecular weight excluding hydrogens is 226 g/mol. The summed E-state index contributed by atoms with van der Waals surface area (Å²) >= 11 is 0. The van der Waals surface area contributed by atoms with Crippen molar-refractivity contribution in [3.8, 4) is 17.1 Å². The first-order chi connectivity index (χ1) is 8.79. The fourth-order valence-corrected chi connectivity index (χ4v) is 2.06. The monoisotopic (exact) mass is 239 g/mol. The van der Waals surface area contributed by atoms with Gasteiger partial charge in [-0.15, -0.1) is 0 Å². The molecule has 1 aromatic carbocycles. The molecule has 0 aliphatic rings. The SMILES string of the molecule is COc1cnc2oc(-c3ccccc3)c(C)c2c1. The highest BCUT2D eigenvalue weighted by Gasteiger charge is 2.13. The van der Waals surface area contributed by atoms with Gasteiger partial charge in [0.1, 0.15) is 11.5 Å². The van der Waals surface area contributed by atoms with Gasteiger partial charge in [-0.3, -0.25) is 0 Å². The van der Waals surface area contributed by atoms with Gasteiger partial charge in [0.2, 0.25) is 5.71 Å². The summed E-state index contributed by atoms with van der Waals surface area (Å²) in [7, 11) is 1.64. The Morgan fingerprint density at radius 3 is 2.67 bits per heavy atom. The van der Waals surface area contributed by atoms with Gasteiger partial charge in [0.25, 0.3) is 0 Å². The van der Waals surface area contributed by atoms with Crippen LogP contribution in [-0.2, 0) is 0 Å². The van der Waals surface area contributed by atoms with E-state index in [2.05, 4.69) is 4.98 Å². The predicted molar refractivity (Wildman–Crippen MR) is 70.7 cm³/mol. The van der Waals surface area contributed by atoms with Crippen LogP contribution in [0.1, 0.15) is 5.56 Å². The lowest BCUT2D eigenvalue weighted by molar-refractivity contribution is 0.413. The van der Waals surface area contributed by atoms with E-state index in [9.17, 15) is 0 Å². The smallest absolute Gasteiger partial charge is 0.227 e. The third kappa shape index (κ3) is 1.64. The van der Waals surface area contributed by atoms with Gasteiger partial charge in [-0.05, 0) is 13.0 Å². The summed E-state index contributed by atoms with van der Waals surface area (Å²) < 4.78 is 11.0. The van der Waals surface area contributed by atoms with E-state index in [1.807, 2.05) is 43.3 Å². The Balaban J connectivity index is 2.23. The second-order valence-electron chi connectivity index (χ2n) is 4.15. The zero-order valence-electron chi connectivity index (χ0n) is 10.3. The van der Waals surface area contributed by atoms with E-state index < -0.39 is 0 Å². The number of nitrogens with zero attached hydrogens (tertiary/aromatic N) is 1. The quantitative estimate of drug-likeness (QED) is 0.682. The molecule has 3 heteroatoms. The predicted octanol–water partition coefficient (Wildman–Crippen LogP) is 3.81. The summed E-state index contributed by atoms with van der Waals surface area (Å²) in [6, 6.07) is 12.0. The van der Waals surface area contributed by atoms with E-state index in [1.165, 1.54) is 0 Å². The van der Waals surface area contributed by atoms with Gasteiger partial charge in [-0.2, -0.15) is 0 Å². The number of hydrogen-bond acceptors (Lipinski definition) is 3. The second-order valence-corrected chi connectivity index (χ2v) is 4.15. The molecule has 0 aliphatic carbocycles. The molecule has 0 amide bonds. The van der Waals surface area contributed by atoms with Crippen molar-refractivity contribution < 1.29 is 9.15 Å². The van der Waals surface area contributed by atoms with Crippen LogP contribution in [0.3, 0.4) is 0 Å². The molecule has 0 spiro atoms. The van der Waals surface area contributed by atoms with E-state index in [0.29, 0.717) is 5.71 Å². The van der Waals surface area contributed by atoms with Crippen LogP contribution in [0, 0.1) is 6.92 Å². The van der Waals surface area contributed by atoms with Crippen LogP contribution < -0.4 is 4.74 Å². The van der Waals surface area contributed by atoms with Gasteiger partial charge in [-0.25, -0.2) is 4.98 Å². The van der Waals surface area contributed by atoms with Crippen LogP contribution in [-0.4, -0.2) is 12.1 Å². The zero-order chi connectivity index (χ0) is 12.5. The molecule has 0 radical (unpaired) electrons. The summed E-state index contributed by atoms with van der Waals surface area (Å²) in [6.07, 6.45) is 1.67. The number of ether oxygens (including phenoxy) is 1. The number of aryl methyl sites for hydroxylation is 1. The molecule has 18 heavy (non-hydrogen) atoms. The topological polar surface area (TPSA) is 35.3 Å². The molecule has 3 rings (SSSR count). The average Bonchev–Trinajstić information content (AvgIpc) is 2.77. The highest BCUT2D eigenvalue weighted by Crippen LogP contribution is 2.33. The van der Waals surface area contributed by atoms with Crippen molar-refractivity contribution >= 4 is 11.1 Å². The first kappa shape index (κ1) is 10.8. The lowest BCUT2D eigenvalue weighted by atomic mass is 10.1. The molecular formula is C15H13NO2. The van der Waals surface area contributed by atoms with Crippen LogP contribution in [0.5, 0.6) is 5.75 Å². The molecule has 0 fully saturated rings. The van der Waals surface area contributed by atoms with Crippen LogP contribution in [0.4, 0.5) is 0 Å². The van der Waals surface area contributed by atoms with Gasteiger partial charge in [0, 0.05) is 16.5 Å². The highest BCUT2D eigenvalue weighted by molar-refractivity contribution is 5.86. The Bertz CT molecular complexity index is 686. The van der Waals surface area contributed by atoms with E-state index >= 15 is 0 Å². The van der Waals surface area contributed by atoms with E-state index in [-0.39, 0.29) is 0 Å². The summed E-state index contributed by atoms with van der Waals surface area (Å²) in [5.74, 6) is 1.61. The summed E-state index contributed by atoms with van der Waals surface area (Å²) in [5.41, 5.74) is 2.79. The minimum Gasteiger partial charge on any atom is -0.495 e.